The summed E-state index contributed by atoms with van der Waals surface area (Å²) in [5.41, 5.74) is 3.28. The van der Waals surface area contributed by atoms with E-state index in [-0.39, 0.29) is 23.2 Å². The van der Waals surface area contributed by atoms with Crippen LogP contribution in [0.5, 0.6) is 0 Å². The third kappa shape index (κ3) is 4.51. The number of ether oxygens (including phenoxy) is 1. The van der Waals surface area contributed by atoms with Crippen LogP contribution in [-0.2, 0) is 16.7 Å². The smallest absolute Gasteiger partial charge is 0.425 e. The molecular weight excluding hydrogens is 437 g/mol. The van der Waals surface area contributed by atoms with Crippen LogP contribution in [0.3, 0.4) is 0 Å². The van der Waals surface area contributed by atoms with Crippen LogP contribution in [-0.4, -0.2) is 40.7 Å². The van der Waals surface area contributed by atoms with Gasteiger partial charge in [0.25, 0.3) is 6.02 Å². The SMILES string of the molecule is Cc1cc(C#N)cnc1C(=O)Cc1cnc(F)c([C@]2(CF)C[C@@H](C(F)(F)F)OC(N)=N2)c1. The topological polar surface area (TPSA) is 114 Å². The fraction of sp³-hybridized carbons (Fsp3) is 0.350. The Kier molecular flexibility index (Phi) is 6.11. The lowest BCUT2D eigenvalue weighted by Crippen LogP contribution is -2.48. The van der Waals surface area contributed by atoms with Crippen molar-refractivity contribution >= 4 is 11.8 Å². The van der Waals surface area contributed by atoms with Crippen LogP contribution >= 0.6 is 0 Å². The zero-order chi connectivity index (χ0) is 23.7. The van der Waals surface area contributed by atoms with Crippen LogP contribution in [0.15, 0.2) is 29.5 Å². The highest BCUT2D eigenvalue weighted by Crippen LogP contribution is 2.41. The molecule has 2 aromatic rings. The fourth-order valence-corrected chi connectivity index (χ4v) is 3.40. The van der Waals surface area contributed by atoms with Gasteiger partial charge >= 0.3 is 6.18 Å². The molecule has 0 radical (unpaired) electrons. The van der Waals surface area contributed by atoms with Crippen LogP contribution in [0.4, 0.5) is 22.0 Å². The number of carbonyl (C=O) groups excluding carboxylic acids is 1. The Balaban J connectivity index is 1.97. The first-order chi connectivity index (χ1) is 15.0. The Morgan fingerprint density at radius 3 is 2.66 bits per heavy atom. The second-order valence-electron chi connectivity index (χ2n) is 7.25. The van der Waals surface area contributed by atoms with Crippen molar-refractivity contribution in [1.82, 2.24) is 9.97 Å². The van der Waals surface area contributed by atoms with Gasteiger partial charge in [-0.25, -0.2) is 14.4 Å². The van der Waals surface area contributed by atoms with Crippen molar-refractivity contribution in [2.45, 2.75) is 37.6 Å². The van der Waals surface area contributed by atoms with Gasteiger partial charge in [0, 0.05) is 30.8 Å². The molecule has 0 aliphatic carbocycles. The van der Waals surface area contributed by atoms with Gasteiger partial charge in [0.1, 0.15) is 24.0 Å². The molecule has 1 aliphatic heterocycles. The standard InChI is InChI=1S/C20H16F5N5O2/c1-10-2-12(6-26)8-28-16(10)14(31)4-11-3-13(17(22)29-7-11)19(9-21)5-15(20(23,24)25)32-18(27)30-19/h2-3,7-8,15H,4-5,9H2,1H3,(H2,27,30)/t15-,19+/m0/s1. The summed E-state index contributed by atoms with van der Waals surface area (Å²) in [5.74, 6) is -1.75. The van der Waals surface area contributed by atoms with Gasteiger partial charge in [-0.1, -0.05) is 0 Å². The average molecular weight is 453 g/mol. The van der Waals surface area contributed by atoms with Gasteiger partial charge in [0.2, 0.25) is 5.95 Å². The first-order valence-corrected chi connectivity index (χ1v) is 9.18. The van der Waals surface area contributed by atoms with Gasteiger partial charge < -0.3 is 10.5 Å². The van der Waals surface area contributed by atoms with Crippen molar-refractivity contribution in [1.29, 1.82) is 5.26 Å². The van der Waals surface area contributed by atoms with Crippen LogP contribution in [0.2, 0.25) is 0 Å². The summed E-state index contributed by atoms with van der Waals surface area (Å²) in [6, 6.07) is 3.45. The minimum atomic E-state index is -4.89. The molecule has 0 aromatic carbocycles. The molecule has 1 aliphatic rings. The normalized spacial score (nSPS) is 20.8. The summed E-state index contributed by atoms with van der Waals surface area (Å²) in [6.07, 6.45) is -6.57. The van der Waals surface area contributed by atoms with Crippen molar-refractivity contribution < 1.29 is 31.5 Å². The van der Waals surface area contributed by atoms with Gasteiger partial charge in [0.15, 0.2) is 11.9 Å². The Morgan fingerprint density at radius 2 is 2.06 bits per heavy atom. The van der Waals surface area contributed by atoms with Gasteiger partial charge in [0.05, 0.1) is 5.56 Å². The number of amidine groups is 1. The maximum Gasteiger partial charge on any atom is 0.425 e. The monoisotopic (exact) mass is 453 g/mol. The maximum atomic E-state index is 14.5. The molecule has 0 bridgehead atoms. The van der Waals surface area contributed by atoms with Crippen molar-refractivity contribution in [3.05, 3.63) is 58.4 Å². The summed E-state index contributed by atoms with van der Waals surface area (Å²) < 4.78 is 72.6. The molecule has 0 amide bonds. The predicted octanol–water partition coefficient (Wildman–Crippen LogP) is 3.05. The molecule has 3 rings (SSSR count). The summed E-state index contributed by atoms with van der Waals surface area (Å²) in [6.45, 7) is 0.0697. The zero-order valence-corrected chi connectivity index (χ0v) is 16.6. The number of aliphatic imine (C=N–C) groups is 1. The van der Waals surface area contributed by atoms with E-state index in [9.17, 15) is 26.7 Å². The summed E-state index contributed by atoms with van der Waals surface area (Å²) >= 11 is 0. The van der Waals surface area contributed by atoms with Crippen molar-refractivity contribution in [3.8, 4) is 6.07 Å². The minimum absolute atomic E-state index is 0.0561. The summed E-state index contributed by atoms with van der Waals surface area (Å²) in [5, 5.41) is 8.89. The Bertz CT molecular complexity index is 1130. The second kappa shape index (κ2) is 8.49. The molecule has 12 heteroatoms. The number of hydrogen-bond donors (Lipinski definition) is 1. The number of carbonyl (C=O) groups is 1. The average Bonchev–Trinajstić information content (AvgIpc) is 2.73. The fourth-order valence-electron chi connectivity index (χ4n) is 3.40. The van der Waals surface area contributed by atoms with E-state index in [1.165, 1.54) is 12.3 Å². The second-order valence-corrected chi connectivity index (χ2v) is 7.25. The molecule has 0 saturated heterocycles. The number of rotatable bonds is 5. The molecule has 2 aromatic heterocycles. The number of Topliss-reactive ketones (excluding diaryl/α,β-unsaturated/α-hetero) is 1. The highest BCUT2D eigenvalue weighted by molar-refractivity contribution is 5.97. The van der Waals surface area contributed by atoms with E-state index in [1.807, 2.05) is 6.07 Å². The number of hydrogen-bond acceptors (Lipinski definition) is 7. The van der Waals surface area contributed by atoms with Crippen LogP contribution in [0.25, 0.3) is 0 Å². The van der Waals surface area contributed by atoms with Crippen molar-refractivity contribution in [3.63, 3.8) is 0 Å². The van der Waals surface area contributed by atoms with E-state index in [2.05, 4.69) is 19.7 Å². The third-order valence-electron chi connectivity index (χ3n) is 4.93. The largest absolute Gasteiger partial charge is 0.452 e. The maximum absolute atomic E-state index is 14.5. The van der Waals surface area contributed by atoms with E-state index in [0.717, 1.165) is 12.3 Å². The third-order valence-corrected chi connectivity index (χ3v) is 4.93. The molecule has 0 spiro atoms. The lowest BCUT2D eigenvalue weighted by Gasteiger charge is -2.36. The summed E-state index contributed by atoms with van der Waals surface area (Å²) in [4.78, 5) is 23.7. The molecule has 3 heterocycles. The van der Waals surface area contributed by atoms with Gasteiger partial charge in [-0.3, -0.25) is 9.78 Å². The Morgan fingerprint density at radius 1 is 1.34 bits per heavy atom. The lowest BCUT2D eigenvalue weighted by molar-refractivity contribution is -0.209. The number of nitriles is 1. The molecule has 0 fully saturated rings. The Labute approximate surface area is 178 Å². The molecule has 7 nitrogen and oxygen atoms in total. The number of aromatic nitrogens is 2. The Hall–Kier alpha value is -3.62. The first kappa shape index (κ1) is 23.1. The molecule has 2 atom stereocenters. The van der Waals surface area contributed by atoms with E-state index < -0.39 is 54.2 Å². The molecule has 0 unspecified atom stereocenters. The van der Waals surface area contributed by atoms with Crippen molar-refractivity contribution in [2.24, 2.45) is 10.7 Å². The molecule has 0 saturated carbocycles. The van der Waals surface area contributed by atoms with E-state index in [1.54, 1.807) is 6.92 Å². The number of alkyl halides is 4. The van der Waals surface area contributed by atoms with E-state index in [4.69, 9.17) is 11.0 Å². The number of nitrogens with two attached hydrogens (primary N) is 1. The van der Waals surface area contributed by atoms with Gasteiger partial charge in [-0.15, -0.1) is 0 Å². The first-order valence-electron chi connectivity index (χ1n) is 9.18. The quantitative estimate of drug-likeness (QED) is 0.423. The number of ketones is 1. The molecule has 2 N–H and O–H groups in total. The van der Waals surface area contributed by atoms with Crippen molar-refractivity contribution in [2.75, 3.05) is 6.67 Å². The summed E-state index contributed by atoms with van der Waals surface area (Å²) in [7, 11) is 0. The van der Waals surface area contributed by atoms with Crippen LogP contribution < -0.4 is 5.73 Å². The highest BCUT2D eigenvalue weighted by atomic mass is 19.4. The van der Waals surface area contributed by atoms with Gasteiger partial charge in [-0.05, 0) is 30.2 Å². The highest BCUT2D eigenvalue weighted by Gasteiger charge is 2.52. The van der Waals surface area contributed by atoms with E-state index in [0.29, 0.717) is 5.56 Å². The van der Waals surface area contributed by atoms with E-state index >= 15 is 0 Å². The number of halogens is 5. The van der Waals surface area contributed by atoms with Crippen LogP contribution in [0, 0.1) is 24.2 Å². The number of nitrogens with zero attached hydrogens (tertiary/aromatic N) is 4. The molecule has 168 valence electrons. The predicted molar refractivity (Wildman–Crippen MR) is 101 cm³/mol. The minimum Gasteiger partial charge on any atom is -0.452 e. The molecule has 32 heavy (non-hydrogen) atoms. The van der Waals surface area contributed by atoms with Gasteiger partial charge in [-0.2, -0.15) is 22.8 Å². The number of pyridine rings is 2. The van der Waals surface area contributed by atoms with Crippen LogP contribution in [0.1, 0.15) is 39.2 Å². The zero-order valence-electron chi connectivity index (χ0n) is 16.6. The lowest BCUT2D eigenvalue weighted by atomic mass is 9.85. The molecular formula is C20H16F5N5O2. The number of aryl methyl sites for hydroxylation is 1.